The fraction of sp³-hybridized carbons (Fsp3) is 0.455. The van der Waals surface area contributed by atoms with E-state index in [2.05, 4.69) is 9.97 Å². The van der Waals surface area contributed by atoms with Gasteiger partial charge in [-0.1, -0.05) is 6.92 Å². The summed E-state index contributed by atoms with van der Waals surface area (Å²) in [5, 5.41) is 8.68. The Balaban J connectivity index is 2.92. The fourth-order valence-corrected chi connectivity index (χ4v) is 1.45. The van der Waals surface area contributed by atoms with E-state index in [-0.39, 0.29) is 12.1 Å². The number of hydrogen-bond acceptors (Lipinski definition) is 4. The van der Waals surface area contributed by atoms with Gasteiger partial charge >= 0.3 is 12.1 Å². The molecule has 0 saturated heterocycles. The SMILES string of the molecule is CCCN(CC(=O)O)C(=O)c1cnc(C(F)(F)F)nc1. The summed E-state index contributed by atoms with van der Waals surface area (Å²) in [5.41, 5.74) is -0.187. The first-order chi connectivity index (χ1) is 9.25. The number of halogens is 3. The Morgan fingerprint density at radius 2 is 1.85 bits per heavy atom. The summed E-state index contributed by atoms with van der Waals surface area (Å²) in [7, 11) is 0. The molecule has 0 saturated carbocycles. The predicted molar refractivity (Wildman–Crippen MR) is 60.9 cm³/mol. The predicted octanol–water partition coefficient (Wildman–Crippen LogP) is 1.43. The molecule has 1 aromatic rings. The number of carbonyl (C=O) groups is 2. The van der Waals surface area contributed by atoms with Crippen LogP contribution in [0.2, 0.25) is 0 Å². The Labute approximate surface area is 112 Å². The van der Waals surface area contributed by atoms with E-state index in [1.165, 1.54) is 0 Å². The number of aliphatic carboxylic acids is 1. The monoisotopic (exact) mass is 291 g/mol. The molecule has 0 bridgehead atoms. The molecule has 0 radical (unpaired) electrons. The van der Waals surface area contributed by atoms with Crippen molar-refractivity contribution in [3.05, 3.63) is 23.8 Å². The van der Waals surface area contributed by atoms with Gasteiger partial charge in [-0.15, -0.1) is 0 Å². The number of hydrogen-bond donors (Lipinski definition) is 1. The minimum atomic E-state index is -4.69. The molecule has 0 fully saturated rings. The van der Waals surface area contributed by atoms with E-state index >= 15 is 0 Å². The van der Waals surface area contributed by atoms with Crippen molar-refractivity contribution in [2.75, 3.05) is 13.1 Å². The van der Waals surface area contributed by atoms with Crippen LogP contribution in [0.15, 0.2) is 12.4 Å². The summed E-state index contributed by atoms with van der Waals surface area (Å²) in [6.07, 6.45) is -2.70. The molecular formula is C11H12F3N3O3. The summed E-state index contributed by atoms with van der Waals surface area (Å²) < 4.78 is 36.8. The molecule has 1 heterocycles. The fourth-order valence-electron chi connectivity index (χ4n) is 1.45. The molecule has 0 unspecified atom stereocenters. The third kappa shape index (κ3) is 4.18. The normalized spacial score (nSPS) is 11.2. The summed E-state index contributed by atoms with van der Waals surface area (Å²) in [6.45, 7) is 1.38. The van der Waals surface area contributed by atoms with Gasteiger partial charge in [-0.25, -0.2) is 9.97 Å². The van der Waals surface area contributed by atoms with E-state index < -0.39 is 30.4 Å². The largest absolute Gasteiger partial charge is 0.480 e. The van der Waals surface area contributed by atoms with E-state index in [1.807, 2.05) is 0 Å². The van der Waals surface area contributed by atoms with Crippen LogP contribution in [-0.2, 0) is 11.0 Å². The zero-order chi connectivity index (χ0) is 15.3. The molecule has 20 heavy (non-hydrogen) atoms. The summed E-state index contributed by atoms with van der Waals surface area (Å²) >= 11 is 0. The van der Waals surface area contributed by atoms with E-state index in [9.17, 15) is 22.8 Å². The minimum Gasteiger partial charge on any atom is -0.480 e. The van der Waals surface area contributed by atoms with Gasteiger partial charge in [0.25, 0.3) is 5.91 Å². The Morgan fingerprint density at radius 1 is 1.30 bits per heavy atom. The van der Waals surface area contributed by atoms with Crippen LogP contribution < -0.4 is 0 Å². The van der Waals surface area contributed by atoms with Gasteiger partial charge in [0, 0.05) is 18.9 Å². The molecule has 1 amide bonds. The molecule has 1 aromatic heterocycles. The second kappa shape index (κ2) is 6.31. The summed E-state index contributed by atoms with van der Waals surface area (Å²) in [5.74, 6) is -3.28. The maximum Gasteiger partial charge on any atom is 0.451 e. The van der Waals surface area contributed by atoms with Crippen molar-refractivity contribution < 1.29 is 27.9 Å². The number of rotatable bonds is 5. The minimum absolute atomic E-state index is 0.173. The molecule has 0 aliphatic heterocycles. The van der Waals surface area contributed by atoms with Gasteiger partial charge in [0.2, 0.25) is 5.82 Å². The van der Waals surface area contributed by atoms with Crippen molar-refractivity contribution in [2.45, 2.75) is 19.5 Å². The first kappa shape index (κ1) is 15.9. The Kier molecular flexibility index (Phi) is 5.00. The van der Waals surface area contributed by atoms with Gasteiger partial charge in [-0.05, 0) is 6.42 Å². The smallest absolute Gasteiger partial charge is 0.451 e. The van der Waals surface area contributed by atoms with Crippen molar-refractivity contribution >= 4 is 11.9 Å². The lowest BCUT2D eigenvalue weighted by Crippen LogP contribution is -2.36. The molecule has 0 aliphatic carbocycles. The quantitative estimate of drug-likeness (QED) is 0.887. The van der Waals surface area contributed by atoms with Crippen molar-refractivity contribution in [1.82, 2.24) is 14.9 Å². The number of carboxylic acid groups (broad SMARTS) is 1. The molecule has 1 N–H and O–H groups in total. The van der Waals surface area contributed by atoms with Crippen LogP contribution in [0.3, 0.4) is 0 Å². The molecular weight excluding hydrogens is 279 g/mol. The van der Waals surface area contributed by atoms with Crippen LogP contribution in [0.25, 0.3) is 0 Å². The highest BCUT2D eigenvalue weighted by Crippen LogP contribution is 2.25. The molecule has 0 aromatic carbocycles. The first-order valence-electron chi connectivity index (χ1n) is 5.66. The van der Waals surface area contributed by atoms with E-state index in [0.717, 1.165) is 17.3 Å². The number of carboxylic acids is 1. The molecule has 9 heteroatoms. The average Bonchev–Trinajstić information content (AvgIpc) is 2.36. The molecule has 0 aliphatic rings. The Morgan fingerprint density at radius 3 is 2.25 bits per heavy atom. The highest BCUT2D eigenvalue weighted by atomic mass is 19.4. The van der Waals surface area contributed by atoms with Crippen LogP contribution in [0.5, 0.6) is 0 Å². The van der Waals surface area contributed by atoms with Crippen LogP contribution in [0.1, 0.15) is 29.5 Å². The van der Waals surface area contributed by atoms with Gasteiger partial charge in [0.1, 0.15) is 6.54 Å². The molecule has 1 rings (SSSR count). The number of amides is 1. The summed E-state index contributed by atoms with van der Waals surface area (Å²) in [4.78, 5) is 29.7. The van der Waals surface area contributed by atoms with Crippen molar-refractivity contribution in [1.29, 1.82) is 0 Å². The first-order valence-corrected chi connectivity index (χ1v) is 5.66. The topological polar surface area (TPSA) is 83.4 Å². The second-order valence-electron chi connectivity index (χ2n) is 3.91. The highest BCUT2D eigenvalue weighted by Gasteiger charge is 2.34. The van der Waals surface area contributed by atoms with Gasteiger partial charge < -0.3 is 10.0 Å². The maximum atomic E-state index is 12.3. The van der Waals surface area contributed by atoms with Gasteiger partial charge in [0.15, 0.2) is 0 Å². The van der Waals surface area contributed by atoms with Gasteiger partial charge in [0.05, 0.1) is 5.56 Å². The third-order valence-electron chi connectivity index (χ3n) is 2.26. The van der Waals surface area contributed by atoms with Crippen LogP contribution in [0.4, 0.5) is 13.2 Å². The van der Waals surface area contributed by atoms with E-state index in [0.29, 0.717) is 6.42 Å². The molecule has 110 valence electrons. The highest BCUT2D eigenvalue weighted by molar-refractivity contribution is 5.95. The Hall–Kier alpha value is -2.19. The second-order valence-corrected chi connectivity index (χ2v) is 3.91. The lowest BCUT2D eigenvalue weighted by molar-refractivity contribution is -0.145. The lowest BCUT2D eigenvalue weighted by Gasteiger charge is -2.19. The van der Waals surface area contributed by atoms with Gasteiger partial charge in [-0.3, -0.25) is 9.59 Å². The molecule has 0 atom stereocenters. The van der Waals surface area contributed by atoms with Crippen molar-refractivity contribution in [2.24, 2.45) is 0 Å². The van der Waals surface area contributed by atoms with Crippen LogP contribution >= 0.6 is 0 Å². The Bertz CT molecular complexity index is 488. The maximum absolute atomic E-state index is 12.3. The number of nitrogens with zero attached hydrogens (tertiary/aromatic N) is 3. The number of alkyl halides is 3. The van der Waals surface area contributed by atoms with Crippen LogP contribution in [0, 0.1) is 0 Å². The van der Waals surface area contributed by atoms with E-state index in [4.69, 9.17) is 5.11 Å². The van der Waals surface area contributed by atoms with Crippen LogP contribution in [-0.4, -0.2) is 44.9 Å². The third-order valence-corrected chi connectivity index (χ3v) is 2.26. The zero-order valence-electron chi connectivity index (χ0n) is 10.5. The zero-order valence-corrected chi connectivity index (χ0v) is 10.5. The van der Waals surface area contributed by atoms with Crippen molar-refractivity contribution in [3.63, 3.8) is 0 Å². The average molecular weight is 291 g/mol. The van der Waals surface area contributed by atoms with Gasteiger partial charge in [-0.2, -0.15) is 13.2 Å². The van der Waals surface area contributed by atoms with Crippen molar-refractivity contribution in [3.8, 4) is 0 Å². The number of carbonyl (C=O) groups excluding carboxylic acids is 1. The molecule has 6 nitrogen and oxygen atoms in total. The summed E-state index contributed by atoms with van der Waals surface area (Å²) in [6, 6.07) is 0. The molecule has 0 spiro atoms. The lowest BCUT2D eigenvalue weighted by atomic mass is 10.2. The number of aromatic nitrogens is 2. The standard InChI is InChI=1S/C11H12F3N3O3/c1-2-3-17(6-8(18)19)9(20)7-4-15-10(16-5-7)11(12,13)14/h4-5H,2-3,6H2,1H3,(H,18,19). The van der Waals surface area contributed by atoms with E-state index in [1.54, 1.807) is 6.92 Å².